The molecule has 2 heteroatoms. The van der Waals surface area contributed by atoms with Crippen LogP contribution in [0.5, 0.6) is 0 Å². The summed E-state index contributed by atoms with van der Waals surface area (Å²) >= 11 is 2.51. The van der Waals surface area contributed by atoms with Crippen LogP contribution in [-0.2, 0) is 6.42 Å². The van der Waals surface area contributed by atoms with E-state index in [-0.39, 0.29) is 0 Å². The molecule has 9 aromatic carbocycles. The van der Waals surface area contributed by atoms with Crippen LogP contribution in [0.3, 0.4) is 0 Å². The second-order valence-corrected chi connectivity index (χ2v) is 15.4. The number of hydrogen-bond acceptors (Lipinski definition) is 0. The Hall–Kier alpha value is -6.23. The van der Waals surface area contributed by atoms with E-state index >= 15 is 0 Å². The number of aromatic nitrogens is 1. The number of halogens is 1. The van der Waals surface area contributed by atoms with E-state index < -0.39 is 0 Å². The van der Waals surface area contributed by atoms with E-state index in [1.165, 1.54) is 97.5 Å². The SMILES string of the molecule is Ic1ccc(-c2ccc3c(c2)c2ccccc2n3-c2ccc3ccccc3c2)cc1-c1ccccc1Cc1cccc(-c2ccccc2-c2ccccc2)c1. The van der Waals surface area contributed by atoms with Crippen molar-refractivity contribution in [3.05, 3.63) is 221 Å². The molecule has 10 rings (SSSR count). The number of para-hydroxylation sites is 1. The summed E-state index contributed by atoms with van der Waals surface area (Å²) in [6.07, 6.45) is 0.845. The van der Waals surface area contributed by atoms with Crippen LogP contribution >= 0.6 is 22.6 Å². The molecule has 0 unspecified atom stereocenters. The highest BCUT2D eigenvalue weighted by Crippen LogP contribution is 2.39. The Bertz CT molecular complexity index is 3030. The van der Waals surface area contributed by atoms with E-state index in [1.807, 2.05) is 0 Å². The van der Waals surface area contributed by atoms with Gasteiger partial charge in [0.05, 0.1) is 11.0 Å². The molecule has 260 valence electrons. The molecule has 0 radical (unpaired) electrons. The van der Waals surface area contributed by atoms with E-state index in [0.29, 0.717) is 0 Å². The third kappa shape index (κ3) is 6.23. The maximum absolute atomic E-state index is 2.51. The highest BCUT2D eigenvalue weighted by atomic mass is 127. The smallest absolute Gasteiger partial charge is 0.0541 e. The van der Waals surface area contributed by atoms with Crippen LogP contribution in [0.15, 0.2) is 206 Å². The van der Waals surface area contributed by atoms with Gasteiger partial charge >= 0.3 is 0 Å². The number of rotatable bonds is 7. The van der Waals surface area contributed by atoms with E-state index in [0.717, 1.165) is 6.42 Å². The molecule has 0 N–H and O–H groups in total. The summed E-state index contributed by atoms with van der Waals surface area (Å²) in [6.45, 7) is 0. The van der Waals surface area contributed by atoms with Crippen molar-refractivity contribution in [3.63, 3.8) is 0 Å². The van der Waals surface area contributed by atoms with Crippen molar-refractivity contribution in [2.24, 2.45) is 0 Å². The normalized spacial score (nSPS) is 11.4. The first-order valence-electron chi connectivity index (χ1n) is 18.8. The van der Waals surface area contributed by atoms with Gasteiger partial charge in [0, 0.05) is 20.0 Å². The Labute approximate surface area is 335 Å². The summed E-state index contributed by atoms with van der Waals surface area (Å²) in [7, 11) is 0. The van der Waals surface area contributed by atoms with Crippen molar-refractivity contribution >= 4 is 55.2 Å². The van der Waals surface area contributed by atoms with Crippen LogP contribution in [0.2, 0.25) is 0 Å². The molecule has 0 aliphatic rings. The van der Waals surface area contributed by atoms with Crippen LogP contribution in [0, 0.1) is 3.57 Å². The van der Waals surface area contributed by atoms with Crippen molar-refractivity contribution in [2.75, 3.05) is 0 Å². The molecule has 0 saturated heterocycles. The van der Waals surface area contributed by atoms with Gasteiger partial charge in [-0.1, -0.05) is 164 Å². The topological polar surface area (TPSA) is 4.93 Å². The van der Waals surface area contributed by atoms with Crippen LogP contribution in [-0.4, -0.2) is 4.57 Å². The first-order valence-corrected chi connectivity index (χ1v) is 19.9. The van der Waals surface area contributed by atoms with Crippen LogP contribution in [0.4, 0.5) is 0 Å². The summed E-state index contributed by atoms with van der Waals surface area (Å²) in [5.74, 6) is 0. The molecule has 0 fully saturated rings. The second kappa shape index (κ2) is 14.2. The molecular formula is C53H36IN. The van der Waals surface area contributed by atoms with E-state index in [4.69, 9.17) is 0 Å². The van der Waals surface area contributed by atoms with Crippen LogP contribution in [0.25, 0.3) is 82.8 Å². The quantitative estimate of drug-likeness (QED) is 0.141. The Morgan fingerprint density at radius 2 is 1.02 bits per heavy atom. The Balaban J connectivity index is 1.02. The van der Waals surface area contributed by atoms with Gasteiger partial charge < -0.3 is 4.57 Å². The zero-order chi connectivity index (χ0) is 36.7. The highest BCUT2D eigenvalue weighted by molar-refractivity contribution is 14.1. The molecule has 55 heavy (non-hydrogen) atoms. The molecule has 10 aromatic rings. The number of nitrogens with zero attached hydrogens (tertiary/aromatic N) is 1. The lowest BCUT2D eigenvalue weighted by atomic mass is 9.90. The summed E-state index contributed by atoms with van der Waals surface area (Å²) in [4.78, 5) is 0. The predicted octanol–water partition coefficient (Wildman–Crippen LogP) is 14.8. The first kappa shape index (κ1) is 33.3. The minimum atomic E-state index is 0.845. The van der Waals surface area contributed by atoms with Crippen molar-refractivity contribution in [3.8, 4) is 50.2 Å². The second-order valence-electron chi connectivity index (χ2n) is 14.3. The fourth-order valence-electron chi connectivity index (χ4n) is 8.27. The third-order valence-corrected chi connectivity index (χ3v) is 11.9. The van der Waals surface area contributed by atoms with Gasteiger partial charge in [-0.3, -0.25) is 0 Å². The van der Waals surface area contributed by atoms with Crippen LogP contribution in [0.1, 0.15) is 11.1 Å². The number of benzene rings is 9. The molecule has 0 atom stereocenters. The van der Waals surface area contributed by atoms with Crippen LogP contribution < -0.4 is 0 Å². The van der Waals surface area contributed by atoms with Gasteiger partial charge in [0.2, 0.25) is 0 Å². The summed E-state index contributed by atoms with van der Waals surface area (Å²) in [5, 5.41) is 5.02. The first-order chi connectivity index (χ1) is 27.2. The number of fused-ring (bicyclic) bond motifs is 4. The maximum atomic E-state index is 2.51. The lowest BCUT2D eigenvalue weighted by Gasteiger charge is -2.15. The maximum Gasteiger partial charge on any atom is 0.0541 e. The highest BCUT2D eigenvalue weighted by Gasteiger charge is 2.16. The lowest BCUT2D eigenvalue weighted by molar-refractivity contribution is 1.19. The average molecular weight is 814 g/mol. The van der Waals surface area contributed by atoms with Gasteiger partial charge in [0.15, 0.2) is 0 Å². The predicted molar refractivity (Wildman–Crippen MR) is 242 cm³/mol. The Morgan fingerprint density at radius 3 is 1.89 bits per heavy atom. The molecule has 0 aliphatic heterocycles. The van der Waals surface area contributed by atoms with Crippen molar-refractivity contribution < 1.29 is 0 Å². The lowest BCUT2D eigenvalue weighted by Crippen LogP contribution is -1.95. The standard InChI is InChI=1S/C53H36IN/c54-51-29-26-40(41-27-30-53-50(35-41)48-23-10-11-24-52(48)55(53)44-28-25-37-14-4-5-17-39(37)33-44)34-49(51)47-22-7-6-18-42(47)31-36-13-12-19-43(32-36)46-21-9-8-20-45(46)38-15-2-1-3-16-38/h1-30,32-35H,31H2. The number of hydrogen-bond donors (Lipinski definition) is 0. The van der Waals surface area contributed by atoms with Crippen molar-refractivity contribution in [2.45, 2.75) is 6.42 Å². The monoisotopic (exact) mass is 813 g/mol. The molecule has 0 aliphatic carbocycles. The van der Waals surface area contributed by atoms with Gasteiger partial charge in [-0.05, 0) is 138 Å². The molecule has 0 bridgehead atoms. The largest absolute Gasteiger partial charge is 0.309 e. The van der Waals surface area contributed by atoms with E-state index in [9.17, 15) is 0 Å². The van der Waals surface area contributed by atoms with E-state index in [2.05, 4.69) is 233 Å². The van der Waals surface area contributed by atoms with Gasteiger partial charge in [-0.15, -0.1) is 0 Å². The zero-order valence-corrected chi connectivity index (χ0v) is 32.3. The fourth-order valence-corrected chi connectivity index (χ4v) is 8.89. The van der Waals surface area contributed by atoms with Gasteiger partial charge in [0.1, 0.15) is 0 Å². The molecule has 1 heterocycles. The molecule has 1 aromatic heterocycles. The van der Waals surface area contributed by atoms with Crippen molar-refractivity contribution in [1.29, 1.82) is 0 Å². The molecule has 0 spiro atoms. The minimum absolute atomic E-state index is 0.845. The summed E-state index contributed by atoms with van der Waals surface area (Å²) in [6, 6.07) is 75.4. The zero-order valence-electron chi connectivity index (χ0n) is 30.2. The Morgan fingerprint density at radius 1 is 0.364 bits per heavy atom. The fraction of sp³-hybridized carbons (Fsp3) is 0.0189. The average Bonchev–Trinajstić information content (AvgIpc) is 3.58. The molecular weight excluding hydrogens is 777 g/mol. The third-order valence-electron chi connectivity index (χ3n) is 10.9. The van der Waals surface area contributed by atoms with Gasteiger partial charge in [-0.2, -0.15) is 0 Å². The molecule has 0 amide bonds. The molecule has 1 nitrogen and oxygen atoms in total. The minimum Gasteiger partial charge on any atom is -0.309 e. The molecule has 0 saturated carbocycles. The summed E-state index contributed by atoms with van der Waals surface area (Å²) in [5.41, 5.74) is 16.2. The van der Waals surface area contributed by atoms with Gasteiger partial charge in [-0.25, -0.2) is 0 Å². The summed E-state index contributed by atoms with van der Waals surface area (Å²) < 4.78 is 3.65. The van der Waals surface area contributed by atoms with Crippen molar-refractivity contribution in [1.82, 2.24) is 4.57 Å². The Kier molecular flexibility index (Phi) is 8.61. The van der Waals surface area contributed by atoms with Gasteiger partial charge in [0.25, 0.3) is 0 Å². The van der Waals surface area contributed by atoms with E-state index in [1.54, 1.807) is 0 Å².